The third-order valence-corrected chi connectivity index (χ3v) is 4.18. The molecule has 0 amide bonds. The minimum Gasteiger partial charge on any atom is -0.316 e. The molecule has 1 aliphatic carbocycles. The van der Waals surface area contributed by atoms with Crippen LogP contribution >= 0.6 is 0 Å². The molecule has 1 heterocycles. The second-order valence-corrected chi connectivity index (χ2v) is 5.76. The zero-order valence-electron chi connectivity index (χ0n) is 11.9. The zero-order valence-corrected chi connectivity index (χ0v) is 11.9. The molecule has 0 bridgehead atoms. The Morgan fingerprint density at radius 3 is 2.72 bits per heavy atom. The van der Waals surface area contributed by atoms with Crippen LogP contribution in [0.15, 0.2) is 12.4 Å². The Balaban J connectivity index is 1.96. The molecule has 0 aliphatic heterocycles. The van der Waals surface area contributed by atoms with E-state index in [1.54, 1.807) is 0 Å². The lowest BCUT2D eigenvalue weighted by Crippen LogP contribution is -2.34. The molecule has 2 rings (SSSR count). The highest BCUT2D eigenvalue weighted by Gasteiger charge is 2.33. The molecule has 0 saturated heterocycles. The molecule has 102 valence electrons. The fraction of sp³-hybridized carbons (Fsp3) is 0.800. The Kier molecular flexibility index (Phi) is 4.81. The molecular weight excluding hydrogens is 222 g/mol. The number of aryl methyl sites for hydroxylation is 1. The highest BCUT2D eigenvalue weighted by molar-refractivity contribution is 5.09. The summed E-state index contributed by atoms with van der Waals surface area (Å²) >= 11 is 0. The maximum absolute atomic E-state index is 4.40. The topological polar surface area (TPSA) is 29.9 Å². The van der Waals surface area contributed by atoms with Gasteiger partial charge in [0, 0.05) is 19.3 Å². The Morgan fingerprint density at radius 2 is 2.11 bits per heavy atom. The van der Waals surface area contributed by atoms with Gasteiger partial charge in [0.1, 0.15) is 0 Å². The van der Waals surface area contributed by atoms with Crippen LogP contribution in [-0.4, -0.2) is 22.9 Å². The highest BCUT2D eigenvalue weighted by atomic mass is 15.3. The monoisotopic (exact) mass is 249 g/mol. The number of hydrogen-bond donors (Lipinski definition) is 1. The number of rotatable bonds is 7. The number of nitrogens with zero attached hydrogens (tertiary/aromatic N) is 2. The summed E-state index contributed by atoms with van der Waals surface area (Å²) in [4.78, 5) is 0. The van der Waals surface area contributed by atoms with Crippen LogP contribution in [0.5, 0.6) is 0 Å². The van der Waals surface area contributed by atoms with Crippen molar-refractivity contribution in [2.75, 3.05) is 13.1 Å². The molecule has 0 aromatic carbocycles. The number of aromatic nitrogens is 2. The minimum atomic E-state index is 0.497. The highest BCUT2D eigenvalue weighted by Crippen LogP contribution is 2.40. The van der Waals surface area contributed by atoms with Crippen LogP contribution in [-0.2, 0) is 13.0 Å². The number of nitrogens with one attached hydrogen (secondary N) is 1. The Morgan fingerprint density at radius 1 is 1.33 bits per heavy atom. The largest absolute Gasteiger partial charge is 0.316 e. The van der Waals surface area contributed by atoms with Crippen LogP contribution in [0.1, 0.15) is 51.5 Å². The van der Waals surface area contributed by atoms with Gasteiger partial charge >= 0.3 is 0 Å². The van der Waals surface area contributed by atoms with Gasteiger partial charge < -0.3 is 5.32 Å². The summed E-state index contributed by atoms with van der Waals surface area (Å²) in [6.45, 7) is 7.68. The molecule has 0 atom stereocenters. The SMILES string of the molecule is CCCNCC1(Cc2cnn(CC)c2)CCCC1. The van der Waals surface area contributed by atoms with E-state index in [0.29, 0.717) is 5.41 Å². The summed E-state index contributed by atoms with van der Waals surface area (Å²) in [7, 11) is 0. The van der Waals surface area contributed by atoms with Crippen molar-refractivity contribution < 1.29 is 0 Å². The molecule has 1 saturated carbocycles. The van der Waals surface area contributed by atoms with Gasteiger partial charge in [-0.1, -0.05) is 19.8 Å². The fourth-order valence-corrected chi connectivity index (χ4v) is 3.18. The van der Waals surface area contributed by atoms with Gasteiger partial charge in [-0.15, -0.1) is 0 Å². The maximum atomic E-state index is 4.40. The standard InChI is InChI=1S/C15H27N3/c1-3-9-16-13-15(7-5-6-8-15)10-14-11-17-18(4-2)12-14/h11-12,16H,3-10,13H2,1-2H3. The van der Waals surface area contributed by atoms with Gasteiger partial charge in [-0.25, -0.2) is 0 Å². The normalized spacial score (nSPS) is 18.3. The first-order chi connectivity index (χ1) is 8.78. The summed E-state index contributed by atoms with van der Waals surface area (Å²) in [5.41, 5.74) is 1.91. The van der Waals surface area contributed by atoms with Crippen molar-refractivity contribution in [3.8, 4) is 0 Å². The first-order valence-electron chi connectivity index (χ1n) is 7.50. The summed E-state index contributed by atoms with van der Waals surface area (Å²) < 4.78 is 2.04. The maximum Gasteiger partial charge on any atom is 0.0521 e. The van der Waals surface area contributed by atoms with E-state index < -0.39 is 0 Å². The van der Waals surface area contributed by atoms with Crippen LogP contribution in [0.2, 0.25) is 0 Å². The Labute approximate surface area is 111 Å². The predicted octanol–water partition coefficient (Wildman–Crippen LogP) is 3.01. The quantitative estimate of drug-likeness (QED) is 0.753. The average Bonchev–Trinajstić information content (AvgIpc) is 3.00. The van der Waals surface area contributed by atoms with Gasteiger partial charge in [-0.3, -0.25) is 4.68 Å². The first-order valence-corrected chi connectivity index (χ1v) is 7.50. The van der Waals surface area contributed by atoms with Crippen LogP contribution in [0.4, 0.5) is 0 Å². The second kappa shape index (κ2) is 6.37. The molecule has 1 aliphatic rings. The van der Waals surface area contributed by atoms with E-state index in [0.717, 1.165) is 13.1 Å². The van der Waals surface area contributed by atoms with Crippen molar-refractivity contribution in [2.45, 2.75) is 58.9 Å². The molecule has 1 aromatic rings. The molecule has 18 heavy (non-hydrogen) atoms. The van der Waals surface area contributed by atoms with Crippen LogP contribution in [0, 0.1) is 5.41 Å². The van der Waals surface area contributed by atoms with E-state index in [1.807, 2.05) is 4.68 Å². The van der Waals surface area contributed by atoms with Crippen molar-refractivity contribution in [1.82, 2.24) is 15.1 Å². The van der Waals surface area contributed by atoms with E-state index in [9.17, 15) is 0 Å². The minimum absolute atomic E-state index is 0.497. The smallest absolute Gasteiger partial charge is 0.0521 e. The van der Waals surface area contributed by atoms with Crippen LogP contribution < -0.4 is 5.32 Å². The molecule has 1 fully saturated rings. The summed E-state index contributed by atoms with van der Waals surface area (Å²) in [5, 5.41) is 8.03. The van der Waals surface area contributed by atoms with Crippen molar-refractivity contribution >= 4 is 0 Å². The van der Waals surface area contributed by atoms with Gasteiger partial charge in [0.15, 0.2) is 0 Å². The van der Waals surface area contributed by atoms with Gasteiger partial charge in [0.25, 0.3) is 0 Å². The summed E-state index contributed by atoms with van der Waals surface area (Å²) in [6.07, 6.45) is 12.3. The molecular formula is C15H27N3. The van der Waals surface area contributed by atoms with Crippen molar-refractivity contribution in [2.24, 2.45) is 5.41 Å². The lowest BCUT2D eigenvalue weighted by atomic mass is 9.80. The van der Waals surface area contributed by atoms with Gasteiger partial charge in [0.2, 0.25) is 0 Å². The molecule has 3 heteroatoms. The molecule has 3 nitrogen and oxygen atoms in total. The second-order valence-electron chi connectivity index (χ2n) is 5.76. The lowest BCUT2D eigenvalue weighted by Gasteiger charge is -2.29. The van der Waals surface area contributed by atoms with E-state index in [1.165, 1.54) is 50.6 Å². The van der Waals surface area contributed by atoms with Crippen molar-refractivity contribution in [1.29, 1.82) is 0 Å². The van der Waals surface area contributed by atoms with E-state index in [-0.39, 0.29) is 0 Å². The van der Waals surface area contributed by atoms with E-state index >= 15 is 0 Å². The average molecular weight is 249 g/mol. The molecule has 0 unspecified atom stereocenters. The van der Waals surface area contributed by atoms with Gasteiger partial charge in [0.05, 0.1) is 6.20 Å². The molecule has 1 aromatic heterocycles. The van der Waals surface area contributed by atoms with Gasteiger partial charge in [-0.05, 0) is 50.1 Å². The van der Waals surface area contributed by atoms with Crippen molar-refractivity contribution in [3.05, 3.63) is 18.0 Å². The Hall–Kier alpha value is -0.830. The molecule has 0 spiro atoms. The van der Waals surface area contributed by atoms with Crippen molar-refractivity contribution in [3.63, 3.8) is 0 Å². The van der Waals surface area contributed by atoms with Gasteiger partial charge in [-0.2, -0.15) is 5.10 Å². The van der Waals surface area contributed by atoms with Crippen LogP contribution in [0.25, 0.3) is 0 Å². The fourth-order valence-electron chi connectivity index (χ4n) is 3.18. The third kappa shape index (κ3) is 3.35. The van der Waals surface area contributed by atoms with E-state index in [4.69, 9.17) is 0 Å². The van der Waals surface area contributed by atoms with Crippen LogP contribution in [0.3, 0.4) is 0 Å². The zero-order chi connectivity index (χ0) is 12.8. The van der Waals surface area contributed by atoms with E-state index in [2.05, 4.69) is 36.7 Å². The Bertz CT molecular complexity index is 350. The summed E-state index contributed by atoms with van der Waals surface area (Å²) in [5.74, 6) is 0. The number of hydrogen-bond acceptors (Lipinski definition) is 2. The summed E-state index contributed by atoms with van der Waals surface area (Å²) in [6, 6.07) is 0. The first kappa shape index (κ1) is 13.6. The third-order valence-electron chi connectivity index (χ3n) is 4.18. The predicted molar refractivity (Wildman–Crippen MR) is 75.7 cm³/mol. The molecule has 1 N–H and O–H groups in total. The molecule has 0 radical (unpaired) electrons. The lowest BCUT2D eigenvalue weighted by molar-refractivity contribution is 0.278.